The second kappa shape index (κ2) is 9.95. The molecule has 38 heavy (non-hydrogen) atoms. The van der Waals surface area contributed by atoms with E-state index in [1.807, 2.05) is 6.92 Å². The highest BCUT2D eigenvalue weighted by Gasteiger charge is 2.75. The van der Waals surface area contributed by atoms with Crippen LogP contribution in [0.1, 0.15) is 48.0 Å². The number of carbonyl (C=O) groups excluding carboxylic acids is 4. The second-order valence-electron chi connectivity index (χ2n) is 10.9. The van der Waals surface area contributed by atoms with Gasteiger partial charge in [-0.1, -0.05) is 33.4 Å². The molecule has 0 aromatic heterocycles. The number of rotatable bonds is 4. The lowest BCUT2D eigenvalue weighted by Crippen LogP contribution is -2.68. The van der Waals surface area contributed by atoms with Gasteiger partial charge in [0.15, 0.2) is 11.7 Å². The summed E-state index contributed by atoms with van der Waals surface area (Å²) in [7, 11) is 0. The molecule has 2 aliphatic carbocycles. The predicted octanol–water partition coefficient (Wildman–Crippen LogP) is 2.24. The number of ether oxygens (including phenoxy) is 5. The number of carbonyl (C=O) groups is 4. The molecule has 2 saturated heterocycles. The molecule has 1 saturated carbocycles. The molecule has 0 unspecified atom stereocenters. The number of alkyl halides is 1. The molecule has 11 heteroatoms. The highest BCUT2D eigenvalue weighted by atomic mass is 35.5. The van der Waals surface area contributed by atoms with Crippen molar-refractivity contribution in [1.29, 1.82) is 0 Å². The summed E-state index contributed by atoms with van der Waals surface area (Å²) in [6, 6.07) is 0. The predicted molar refractivity (Wildman–Crippen MR) is 133 cm³/mol. The van der Waals surface area contributed by atoms with Crippen molar-refractivity contribution in [2.45, 2.75) is 95.6 Å². The Morgan fingerprint density at radius 2 is 1.76 bits per heavy atom. The van der Waals surface area contributed by atoms with Gasteiger partial charge in [-0.25, -0.2) is 0 Å². The lowest BCUT2D eigenvalue weighted by Gasteiger charge is -2.54. The van der Waals surface area contributed by atoms with Gasteiger partial charge >= 0.3 is 23.9 Å². The normalized spacial score (nSPS) is 46.4. The van der Waals surface area contributed by atoms with Crippen LogP contribution in [0.15, 0.2) is 24.3 Å². The topological polar surface area (TPSA) is 138 Å². The minimum Gasteiger partial charge on any atom is -0.459 e. The number of hydrogen-bond donors (Lipinski definition) is 1. The monoisotopic (exact) mass is 554 g/mol. The molecule has 2 aliphatic heterocycles. The van der Waals surface area contributed by atoms with Crippen molar-refractivity contribution in [2.75, 3.05) is 0 Å². The minimum absolute atomic E-state index is 0.135. The molecule has 10 nitrogen and oxygen atoms in total. The lowest BCUT2D eigenvalue weighted by atomic mass is 9.54. The molecule has 210 valence electrons. The summed E-state index contributed by atoms with van der Waals surface area (Å²) in [5, 5.41) is 11.3. The summed E-state index contributed by atoms with van der Waals surface area (Å²) in [5.41, 5.74) is -2.91. The number of epoxide rings is 1. The molecule has 0 aromatic carbocycles. The first-order valence-electron chi connectivity index (χ1n) is 12.8. The maximum Gasteiger partial charge on any atom is 0.312 e. The van der Waals surface area contributed by atoms with E-state index < -0.39 is 94.6 Å². The fourth-order valence-corrected chi connectivity index (χ4v) is 6.97. The Kier molecular flexibility index (Phi) is 7.48. The Morgan fingerprint density at radius 3 is 2.34 bits per heavy atom. The van der Waals surface area contributed by atoms with Gasteiger partial charge in [-0.3, -0.25) is 19.2 Å². The van der Waals surface area contributed by atoms with Gasteiger partial charge in [-0.05, 0) is 18.6 Å². The van der Waals surface area contributed by atoms with E-state index in [4.69, 9.17) is 35.3 Å². The Labute approximate surface area is 226 Å². The van der Waals surface area contributed by atoms with Crippen LogP contribution in [-0.4, -0.2) is 76.6 Å². The van der Waals surface area contributed by atoms with E-state index in [9.17, 15) is 24.3 Å². The van der Waals surface area contributed by atoms with Gasteiger partial charge in [0.25, 0.3) is 0 Å². The van der Waals surface area contributed by atoms with E-state index in [2.05, 4.69) is 6.58 Å². The third-order valence-electron chi connectivity index (χ3n) is 8.65. The van der Waals surface area contributed by atoms with Gasteiger partial charge in [0.05, 0.1) is 17.4 Å². The molecule has 0 spiro atoms. The molecule has 4 rings (SSSR count). The van der Waals surface area contributed by atoms with Crippen molar-refractivity contribution in [2.24, 2.45) is 23.2 Å². The molecule has 1 N–H and O–H groups in total. The van der Waals surface area contributed by atoms with E-state index in [1.54, 1.807) is 26.0 Å². The van der Waals surface area contributed by atoms with Crippen LogP contribution in [0.4, 0.5) is 0 Å². The Bertz CT molecular complexity index is 1070. The van der Waals surface area contributed by atoms with Crippen LogP contribution in [0.5, 0.6) is 0 Å². The zero-order chi connectivity index (χ0) is 28.3. The molecule has 0 radical (unpaired) electrons. The standard InChI is InChI=1S/C27H35ClO10/c1-8-17(31)36-20-12(3)18-22(35-15(6)30)27(33)13(4)25(32)38-23(27)19(28)11(2)9-10-16(34-14(5)29)26(18,7)24-21(20)37-24/h9-10,12-13,16,18-24,33H,2,8H2,1,3-7H3/b10-9-/t12-,13+,16+,18-,19+,20-,21+,22+,23+,24+,26-,27-/m1/s1. The largest absolute Gasteiger partial charge is 0.459 e. The van der Waals surface area contributed by atoms with Crippen molar-refractivity contribution < 1.29 is 48.0 Å². The van der Waals surface area contributed by atoms with Gasteiger partial charge in [0, 0.05) is 37.5 Å². The average Bonchev–Trinajstić information content (AvgIpc) is 3.61. The Hall–Kier alpha value is -2.43. The number of allylic oxidation sites excluding steroid dienone is 1. The van der Waals surface area contributed by atoms with Gasteiger partial charge in [-0.15, -0.1) is 11.6 Å². The molecule has 3 fully saturated rings. The minimum atomic E-state index is -2.11. The number of aliphatic hydroxyl groups is 1. The first kappa shape index (κ1) is 28.6. The highest BCUT2D eigenvalue weighted by molar-refractivity contribution is 6.23. The van der Waals surface area contributed by atoms with E-state index in [1.165, 1.54) is 20.8 Å². The van der Waals surface area contributed by atoms with Crippen LogP contribution in [0.25, 0.3) is 0 Å². The fourth-order valence-electron chi connectivity index (χ4n) is 6.64. The molecule has 4 aliphatic rings. The third kappa shape index (κ3) is 4.34. The maximum absolute atomic E-state index is 12.9. The van der Waals surface area contributed by atoms with Crippen molar-refractivity contribution in [3.63, 3.8) is 0 Å². The zero-order valence-electron chi connectivity index (χ0n) is 22.3. The summed E-state index contributed by atoms with van der Waals surface area (Å²) in [5.74, 6) is -5.02. The van der Waals surface area contributed by atoms with E-state index in [0.717, 1.165) is 0 Å². The van der Waals surface area contributed by atoms with Crippen molar-refractivity contribution in [1.82, 2.24) is 0 Å². The number of fused-ring (bicyclic) bond motifs is 4. The van der Waals surface area contributed by atoms with E-state index in [-0.39, 0.29) is 6.42 Å². The summed E-state index contributed by atoms with van der Waals surface area (Å²) in [6.07, 6.45) is -2.16. The average molecular weight is 555 g/mol. The highest BCUT2D eigenvalue weighted by Crippen LogP contribution is 2.62. The molecule has 0 bridgehead atoms. The summed E-state index contributed by atoms with van der Waals surface area (Å²) >= 11 is 6.72. The SMILES string of the molecule is C=C1/C=C\[C@H](OC(C)=O)[C@]2(C)[C@H]([C@@H](C)[C@@H](OC(=O)CC)[C@@H]3O[C@@H]32)[C@H](OC(C)=O)[C@]2(O)[C@@H](C)C(=O)O[C@H]2[C@H]1Cl. The van der Waals surface area contributed by atoms with Crippen molar-refractivity contribution >= 4 is 35.5 Å². The number of hydrogen-bond acceptors (Lipinski definition) is 10. The van der Waals surface area contributed by atoms with Crippen LogP contribution in [0, 0.1) is 23.2 Å². The molecule has 0 amide bonds. The van der Waals surface area contributed by atoms with Gasteiger partial charge in [-0.2, -0.15) is 0 Å². The zero-order valence-corrected chi connectivity index (χ0v) is 23.1. The molecular weight excluding hydrogens is 520 g/mol. The van der Waals surface area contributed by atoms with Gasteiger partial charge in [0.1, 0.15) is 24.4 Å². The first-order valence-corrected chi connectivity index (χ1v) is 13.3. The van der Waals surface area contributed by atoms with Crippen LogP contribution in [0.2, 0.25) is 0 Å². The quantitative estimate of drug-likeness (QED) is 0.238. The molecule has 0 aromatic rings. The number of esters is 4. The smallest absolute Gasteiger partial charge is 0.312 e. The first-order chi connectivity index (χ1) is 17.7. The Morgan fingerprint density at radius 1 is 1.13 bits per heavy atom. The molecule has 12 atom stereocenters. The third-order valence-corrected chi connectivity index (χ3v) is 9.16. The lowest BCUT2D eigenvalue weighted by molar-refractivity contribution is -0.222. The van der Waals surface area contributed by atoms with E-state index >= 15 is 0 Å². The fraction of sp³-hybridized carbons (Fsp3) is 0.704. The summed E-state index contributed by atoms with van der Waals surface area (Å²) < 4.78 is 29.1. The van der Waals surface area contributed by atoms with Crippen LogP contribution >= 0.6 is 11.6 Å². The summed E-state index contributed by atoms with van der Waals surface area (Å²) in [4.78, 5) is 50.1. The maximum atomic E-state index is 12.9. The van der Waals surface area contributed by atoms with Gasteiger partial charge < -0.3 is 28.8 Å². The second-order valence-corrected chi connectivity index (χ2v) is 11.4. The van der Waals surface area contributed by atoms with Crippen LogP contribution < -0.4 is 0 Å². The molecule has 2 heterocycles. The number of halogens is 1. The van der Waals surface area contributed by atoms with Crippen LogP contribution in [-0.2, 0) is 42.9 Å². The Balaban J connectivity index is 1.98. The van der Waals surface area contributed by atoms with E-state index in [0.29, 0.717) is 5.57 Å². The van der Waals surface area contributed by atoms with Gasteiger partial charge in [0.2, 0.25) is 0 Å². The van der Waals surface area contributed by atoms with Crippen molar-refractivity contribution in [3.8, 4) is 0 Å². The van der Waals surface area contributed by atoms with Crippen LogP contribution in [0.3, 0.4) is 0 Å². The summed E-state index contributed by atoms with van der Waals surface area (Å²) in [6.45, 7) is 13.2. The van der Waals surface area contributed by atoms with Crippen molar-refractivity contribution in [3.05, 3.63) is 24.3 Å². The molecular formula is C27H35ClO10.